The van der Waals surface area contributed by atoms with Crippen LogP contribution in [0.2, 0.25) is 0 Å². The highest BCUT2D eigenvalue weighted by molar-refractivity contribution is 7.18. The van der Waals surface area contributed by atoms with Crippen LogP contribution in [0, 0.1) is 6.92 Å². The van der Waals surface area contributed by atoms with Crippen LogP contribution < -0.4 is 0 Å². The third kappa shape index (κ3) is 1.34. The molecule has 2 heterocycles. The smallest absolute Gasteiger partial charge is 0.169 e. The lowest BCUT2D eigenvalue weighted by Crippen LogP contribution is -2.10. The highest BCUT2D eigenvalue weighted by Gasteiger charge is 2.21. The van der Waals surface area contributed by atoms with Crippen molar-refractivity contribution >= 4 is 21.7 Å². The molecule has 0 aliphatic carbocycles. The van der Waals surface area contributed by atoms with Crippen molar-refractivity contribution in [3.63, 3.8) is 0 Å². The Hall–Kier alpha value is -0.900. The second kappa shape index (κ2) is 2.79. The van der Waals surface area contributed by atoms with Gasteiger partial charge in [0.05, 0.1) is 10.4 Å². The molecule has 76 valence electrons. The van der Waals surface area contributed by atoms with Gasteiger partial charge in [0.1, 0.15) is 5.01 Å². The number of nitrogens with zero attached hydrogens (tertiary/aromatic N) is 3. The second-order valence-electron chi connectivity index (χ2n) is 4.63. The number of aryl methyl sites for hydroxylation is 2. The highest BCUT2D eigenvalue weighted by atomic mass is 32.1. The molecule has 0 saturated carbocycles. The van der Waals surface area contributed by atoms with Gasteiger partial charge in [-0.15, -0.1) is 11.3 Å². The predicted molar refractivity (Wildman–Crippen MR) is 59.8 cm³/mol. The Morgan fingerprint density at radius 2 is 1.93 bits per heavy atom. The maximum atomic E-state index is 4.62. The van der Waals surface area contributed by atoms with Gasteiger partial charge in [-0.3, -0.25) is 0 Å². The Bertz CT molecular complexity index is 439. The molecule has 0 bridgehead atoms. The summed E-state index contributed by atoms with van der Waals surface area (Å²) < 4.78 is 3.08. The van der Waals surface area contributed by atoms with Gasteiger partial charge in [0.2, 0.25) is 0 Å². The zero-order valence-corrected chi connectivity index (χ0v) is 10.1. The van der Waals surface area contributed by atoms with Crippen molar-refractivity contribution in [2.45, 2.75) is 33.1 Å². The van der Waals surface area contributed by atoms with Gasteiger partial charge in [0.15, 0.2) is 5.65 Å². The van der Waals surface area contributed by atoms with Crippen LogP contribution in [0.25, 0.3) is 10.3 Å². The quantitative estimate of drug-likeness (QED) is 0.668. The van der Waals surface area contributed by atoms with Crippen molar-refractivity contribution in [2.75, 3.05) is 0 Å². The van der Waals surface area contributed by atoms with E-state index in [0.29, 0.717) is 0 Å². The molecule has 3 nitrogen and oxygen atoms in total. The van der Waals surface area contributed by atoms with Crippen LogP contribution in [0.1, 0.15) is 31.5 Å². The van der Waals surface area contributed by atoms with Crippen molar-refractivity contribution < 1.29 is 0 Å². The van der Waals surface area contributed by atoms with Gasteiger partial charge in [0.25, 0.3) is 0 Å². The van der Waals surface area contributed by atoms with Gasteiger partial charge < -0.3 is 0 Å². The molecular weight excluding hydrogens is 194 g/mol. The van der Waals surface area contributed by atoms with Gasteiger partial charge in [-0.2, -0.15) is 5.10 Å². The van der Waals surface area contributed by atoms with E-state index in [-0.39, 0.29) is 5.41 Å². The summed E-state index contributed by atoms with van der Waals surface area (Å²) in [6.45, 7) is 8.60. The number of aromatic nitrogens is 3. The van der Waals surface area contributed by atoms with Crippen LogP contribution in [0.5, 0.6) is 0 Å². The van der Waals surface area contributed by atoms with Crippen molar-refractivity contribution in [3.05, 3.63) is 10.7 Å². The Balaban J connectivity index is 2.69. The number of fused-ring (bicyclic) bond motifs is 1. The van der Waals surface area contributed by atoms with Gasteiger partial charge in [0, 0.05) is 12.5 Å². The van der Waals surface area contributed by atoms with E-state index in [1.165, 1.54) is 9.71 Å². The summed E-state index contributed by atoms with van der Waals surface area (Å²) >= 11 is 1.76. The van der Waals surface area contributed by atoms with E-state index in [1.807, 2.05) is 18.7 Å². The molecule has 0 aliphatic rings. The second-order valence-corrected chi connectivity index (χ2v) is 5.63. The largest absolute Gasteiger partial charge is 0.249 e. The maximum Gasteiger partial charge on any atom is 0.169 e. The number of thiazole rings is 1. The molecule has 0 N–H and O–H groups in total. The van der Waals surface area contributed by atoms with Gasteiger partial charge in [-0.1, -0.05) is 20.8 Å². The topological polar surface area (TPSA) is 30.7 Å². The molecule has 4 heteroatoms. The van der Waals surface area contributed by atoms with E-state index in [0.717, 1.165) is 11.3 Å². The van der Waals surface area contributed by atoms with Crippen molar-refractivity contribution in [1.29, 1.82) is 0 Å². The zero-order chi connectivity index (χ0) is 10.5. The lowest BCUT2D eigenvalue weighted by molar-refractivity contribution is 0.585. The van der Waals surface area contributed by atoms with Gasteiger partial charge >= 0.3 is 0 Å². The van der Waals surface area contributed by atoms with E-state index in [9.17, 15) is 0 Å². The molecule has 2 aromatic heterocycles. The molecule has 2 rings (SSSR count). The maximum absolute atomic E-state index is 4.62. The molecule has 14 heavy (non-hydrogen) atoms. The fraction of sp³-hybridized carbons (Fsp3) is 0.600. The first kappa shape index (κ1) is 9.65. The molecule has 0 aromatic carbocycles. The zero-order valence-electron chi connectivity index (χ0n) is 9.25. The number of rotatable bonds is 0. The molecule has 0 spiro atoms. The lowest BCUT2D eigenvalue weighted by atomic mass is 9.98. The molecule has 0 radical (unpaired) electrons. The molecule has 0 amide bonds. The summed E-state index contributed by atoms with van der Waals surface area (Å²) in [5.41, 5.74) is 2.23. The summed E-state index contributed by atoms with van der Waals surface area (Å²) in [5.74, 6) is 0. The van der Waals surface area contributed by atoms with E-state index in [2.05, 4.69) is 30.9 Å². The standard InChI is InChI=1S/C10H15N3S/c1-6-7-8(13(5)12-6)11-9(14-7)10(2,3)4/h1-5H3. The normalized spacial score (nSPS) is 12.6. The van der Waals surface area contributed by atoms with Crippen LogP contribution in [0.3, 0.4) is 0 Å². The van der Waals surface area contributed by atoms with Crippen molar-refractivity contribution in [3.8, 4) is 0 Å². The first-order valence-corrected chi connectivity index (χ1v) is 5.52. The van der Waals surface area contributed by atoms with Crippen molar-refractivity contribution in [1.82, 2.24) is 14.8 Å². The summed E-state index contributed by atoms with van der Waals surface area (Å²) in [7, 11) is 1.95. The van der Waals surface area contributed by atoms with Crippen LogP contribution in [-0.4, -0.2) is 14.8 Å². The SMILES string of the molecule is Cc1nn(C)c2nc(C(C)(C)C)sc12. The highest BCUT2D eigenvalue weighted by Crippen LogP contribution is 2.32. The molecule has 0 fully saturated rings. The monoisotopic (exact) mass is 209 g/mol. The van der Waals surface area contributed by atoms with Crippen molar-refractivity contribution in [2.24, 2.45) is 7.05 Å². The summed E-state index contributed by atoms with van der Waals surface area (Å²) in [6.07, 6.45) is 0. The Kier molecular flexibility index (Phi) is 1.93. The Labute approximate surface area is 87.8 Å². The molecular formula is C10H15N3S. The van der Waals surface area contributed by atoms with Crippen LogP contribution >= 0.6 is 11.3 Å². The molecule has 0 aliphatic heterocycles. The molecule has 0 saturated heterocycles. The fourth-order valence-electron chi connectivity index (χ4n) is 1.41. The first-order valence-electron chi connectivity index (χ1n) is 4.70. The fourth-order valence-corrected chi connectivity index (χ4v) is 2.49. The van der Waals surface area contributed by atoms with E-state index < -0.39 is 0 Å². The minimum absolute atomic E-state index is 0.135. The van der Waals surface area contributed by atoms with Gasteiger partial charge in [-0.25, -0.2) is 9.67 Å². The third-order valence-corrected chi connectivity index (χ3v) is 3.77. The minimum atomic E-state index is 0.135. The molecule has 2 aromatic rings. The number of hydrogen-bond donors (Lipinski definition) is 0. The van der Waals surface area contributed by atoms with Crippen LogP contribution in [0.15, 0.2) is 0 Å². The Morgan fingerprint density at radius 3 is 2.43 bits per heavy atom. The van der Waals surface area contributed by atoms with E-state index in [4.69, 9.17) is 0 Å². The van der Waals surface area contributed by atoms with E-state index in [1.54, 1.807) is 11.3 Å². The third-order valence-electron chi connectivity index (χ3n) is 2.19. The minimum Gasteiger partial charge on any atom is -0.249 e. The summed E-state index contributed by atoms with van der Waals surface area (Å²) in [6, 6.07) is 0. The van der Waals surface area contributed by atoms with Crippen LogP contribution in [0.4, 0.5) is 0 Å². The summed E-state index contributed by atoms with van der Waals surface area (Å²) in [4.78, 5) is 4.62. The first-order chi connectivity index (χ1) is 6.39. The molecule has 0 atom stereocenters. The van der Waals surface area contributed by atoms with Crippen LogP contribution in [-0.2, 0) is 12.5 Å². The Morgan fingerprint density at radius 1 is 1.29 bits per heavy atom. The average Bonchev–Trinajstić information content (AvgIpc) is 2.53. The number of hydrogen-bond acceptors (Lipinski definition) is 3. The lowest BCUT2D eigenvalue weighted by Gasteiger charge is -2.13. The average molecular weight is 209 g/mol. The van der Waals surface area contributed by atoms with E-state index >= 15 is 0 Å². The predicted octanol–water partition coefficient (Wildman–Crippen LogP) is 2.64. The van der Waals surface area contributed by atoms with Gasteiger partial charge in [-0.05, 0) is 6.92 Å². The molecule has 0 unspecified atom stereocenters. The summed E-state index contributed by atoms with van der Waals surface area (Å²) in [5, 5.41) is 5.52.